The molecule has 4 N–H and O–H groups in total. The fourth-order valence-electron chi connectivity index (χ4n) is 4.13. The van der Waals surface area contributed by atoms with Crippen LogP contribution in [-0.2, 0) is 0 Å². The smallest absolute Gasteiger partial charge is 0.124 e. The largest absolute Gasteiger partial charge is 0.508 e. The quantitative estimate of drug-likeness (QED) is 0.138. The van der Waals surface area contributed by atoms with Gasteiger partial charge in [0.2, 0.25) is 0 Å². The summed E-state index contributed by atoms with van der Waals surface area (Å²) >= 11 is 3.40. The predicted molar refractivity (Wildman–Crippen MR) is 163 cm³/mol. The average molecular weight is 575 g/mol. The molecule has 0 aliphatic rings. The lowest BCUT2D eigenvalue weighted by atomic mass is 10.2. The third-order valence-electron chi connectivity index (χ3n) is 6.20. The molecule has 6 nitrogen and oxygen atoms in total. The molecule has 0 saturated carbocycles. The molecule has 0 saturated heterocycles. The average Bonchev–Trinajstić information content (AvgIpc) is 3.57. The highest BCUT2D eigenvalue weighted by Gasteiger charge is 2.12. The van der Waals surface area contributed by atoms with E-state index >= 15 is 0 Å². The van der Waals surface area contributed by atoms with Gasteiger partial charge in [0.05, 0.1) is 37.8 Å². The number of nitrogens with one attached hydrogen (secondary N) is 2. The molecule has 0 fully saturated rings. The Hall–Kier alpha value is -3.86. The van der Waals surface area contributed by atoms with Gasteiger partial charge < -0.3 is 20.8 Å². The van der Waals surface area contributed by atoms with Gasteiger partial charge in [0.1, 0.15) is 21.5 Å². The second-order valence-corrected chi connectivity index (χ2v) is 11.9. The zero-order valence-electron chi connectivity index (χ0n) is 20.5. The molecule has 0 amide bonds. The van der Waals surface area contributed by atoms with Crippen molar-refractivity contribution >= 4 is 66.6 Å². The van der Waals surface area contributed by atoms with Crippen LogP contribution in [0.4, 0.5) is 15.3 Å². The van der Waals surface area contributed by atoms with Crippen molar-refractivity contribution in [2.24, 2.45) is 0 Å². The van der Waals surface area contributed by atoms with Gasteiger partial charge in [-0.25, -0.2) is 9.97 Å². The number of aromatic nitrogens is 2. The maximum Gasteiger partial charge on any atom is 0.124 e. The lowest BCUT2D eigenvalue weighted by molar-refractivity contribution is 0.475. The zero-order chi connectivity index (χ0) is 26.8. The number of aromatic hydroxyl groups is 2. The van der Waals surface area contributed by atoms with Crippen molar-refractivity contribution in [1.82, 2.24) is 9.97 Å². The van der Waals surface area contributed by atoms with Crippen LogP contribution in [0.25, 0.3) is 41.6 Å². The first-order chi connectivity index (χ1) is 19.0. The summed E-state index contributed by atoms with van der Waals surface area (Å²) in [5.41, 5.74) is 5.52. The Kier molecular flexibility index (Phi) is 7.23. The Morgan fingerprint density at radius 1 is 0.667 bits per heavy atom. The second-order valence-electron chi connectivity index (χ2n) is 8.97. The van der Waals surface area contributed by atoms with Crippen molar-refractivity contribution < 1.29 is 14.1 Å². The van der Waals surface area contributed by atoms with Crippen molar-refractivity contribution in [2.45, 2.75) is 5.25 Å². The first-order valence-electron chi connectivity index (χ1n) is 12.2. The Bertz CT molecular complexity index is 1610. The Labute approximate surface area is 236 Å². The fourth-order valence-corrected chi connectivity index (χ4v) is 6.43. The van der Waals surface area contributed by atoms with Gasteiger partial charge in [-0.15, -0.1) is 22.7 Å². The molecule has 4 aromatic carbocycles. The van der Waals surface area contributed by atoms with Crippen LogP contribution in [0.1, 0.15) is 0 Å². The minimum atomic E-state index is -0.279. The van der Waals surface area contributed by atoms with Gasteiger partial charge in [-0.2, -0.15) is 3.89 Å². The first-order valence-corrected chi connectivity index (χ1v) is 14.6. The molecular weight excluding hydrogens is 552 g/mol. The van der Waals surface area contributed by atoms with Crippen molar-refractivity contribution in [2.75, 3.05) is 23.7 Å². The van der Waals surface area contributed by atoms with Crippen LogP contribution in [-0.4, -0.2) is 38.5 Å². The van der Waals surface area contributed by atoms with E-state index in [0.717, 1.165) is 53.0 Å². The van der Waals surface area contributed by atoms with E-state index in [1.807, 2.05) is 60.7 Å². The molecule has 2 heterocycles. The topological polar surface area (TPSA) is 90.3 Å². The molecule has 0 aliphatic carbocycles. The zero-order valence-corrected chi connectivity index (χ0v) is 22.9. The third kappa shape index (κ3) is 5.78. The highest BCUT2D eigenvalue weighted by atomic mass is 32.2. The Balaban J connectivity index is 1.03. The van der Waals surface area contributed by atoms with Crippen LogP contribution < -0.4 is 10.6 Å². The second kappa shape index (κ2) is 11.1. The lowest BCUT2D eigenvalue weighted by Crippen LogP contribution is -2.24. The van der Waals surface area contributed by atoms with Crippen LogP contribution in [0.2, 0.25) is 0 Å². The molecule has 39 heavy (non-hydrogen) atoms. The predicted octanol–water partition coefficient (Wildman–Crippen LogP) is 8.16. The van der Waals surface area contributed by atoms with E-state index in [0.29, 0.717) is 25.2 Å². The lowest BCUT2D eigenvalue weighted by Gasteiger charge is -2.16. The standard InChI is InChI=1S/C29H23FN4O2S3/c30-39-23(15-31-19-5-1-17(2-6-19)28-33-24-11-9-21(35)13-26(24)37-28)16-32-20-7-3-18(4-8-20)29-34-25-12-10-22(36)14-27(25)38-29/h1-14,23,31-32,35-36H,15-16H2. The van der Waals surface area contributed by atoms with Gasteiger partial charge in [0, 0.05) is 35.6 Å². The minimum Gasteiger partial charge on any atom is -0.508 e. The molecule has 0 spiro atoms. The molecule has 10 heteroatoms. The van der Waals surface area contributed by atoms with E-state index in [1.54, 1.807) is 24.3 Å². The number of fused-ring (bicyclic) bond motifs is 2. The maximum atomic E-state index is 13.7. The van der Waals surface area contributed by atoms with Crippen LogP contribution >= 0.6 is 34.8 Å². The number of hydrogen-bond donors (Lipinski definition) is 4. The normalized spacial score (nSPS) is 11.4. The van der Waals surface area contributed by atoms with Gasteiger partial charge in [-0.3, -0.25) is 0 Å². The molecule has 6 aromatic rings. The SMILES string of the molecule is Oc1ccc2nc(-c3ccc(NCC(CNc4ccc(-c5nc6ccc(O)cc6s5)cc4)SF)cc3)sc2c1. The van der Waals surface area contributed by atoms with Crippen molar-refractivity contribution in [3.63, 3.8) is 0 Å². The summed E-state index contributed by atoms with van der Waals surface area (Å²) < 4.78 is 15.6. The summed E-state index contributed by atoms with van der Waals surface area (Å²) in [5.74, 6) is 0.465. The Morgan fingerprint density at radius 2 is 1.10 bits per heavy atom. The van der Waals surface area contributed by atoms with Crippen molar-refractivity contribution in [3.8, 4) is 32.6 Å². The first kappa shape index (κ1) is 25.4. The molecule has 0 aliphatic heterocycles. The van der Waals surface area contributed by atoms with Crippen LogP contribution in [0.5, 0.6) is 11.5 Å². The van der Waals surface area contributed by atoms with E-state index in [-0.39, 0.29) is 16.7 Å². The number of benzene rings is 4. The summed E-state index contributed by atoms with van der Waals surface area (Å²) in [4.78, 5) is 9.29. The molecule has 0 unspecified atom stereocenters. The van der Waals surface area contributed by atoms with Crippen LogP contribution in [0, 0.1) is 0 Å². The van der Waals surface area contributed by atoms with E-state index < -0.39 is 0 Å². The van der Waals surface area contributed by atoms with Crippen LogP contribution in [0.3, 0.4) is 0 Å². The summed E-state index contributed by atoms with van der Waals surface area (Å²) in [5, 5.41) is 27.5. The van der Waals surface area contributed by atoms with Gasteiger partial charge in [0.15, 0.2) is 0 Å². The van der Waals surface area contributed by atoms with Gasteiger partial charge in [-0.05, 0) is 84.9 Å². The van der Waals surface area contributed by atoms with E-state index in [9.17, 15) is 14.1 Å². The maximum absolute atomic E-state index is 13.7. The molecule has 196 valence electrons. The molecule has 0 radical (unpaired) electrons. The van der Waals surface area contributed by atoms with Crippen molar-refractivity contribution in [3.05, 3.63) is 84.9 Å². The van der Waals surface area contributed by atoms with Crippen molar-refractivity contribution in [1.29, 1.82) is 0 Å². The van der Waals surface area contributed by atoms with E-state index in [1.165, 1.54) is 22.7 Å². The summed E-state index contributed by atoms with van der Waals surface area (Å²) in [6, 6.07) is 26.2. The number of nitrogens with zero attached hydrogens (tertiary/aromatic N) is 2. The Morgan fingerprint density at radius 3 is 1.51 bits per heavy atom. The fraction of sp³-hybridized carbons (Fsp3) is 0.103. The number of hydrogen-bond acceptors (Lipinski definition) is 9. The molecule has 0 atom stereocenters. The van der Waals surface area contributed by atoms with Gasteiger partial charge in [-0.1, -0.05) is 0 Å². The molecule has 0 bridgehead atoms. The number of phenols is 2. The molecule has 2 aromatic heterocycles. The number of thiazole rings is 2. The van der Waals surface area contributed by atoms with E-state index in [2.05, 4.69) is 20.6 Å². The number of halogens is 1. The van der Waals surface area contributed by atoms with Crippen LogP contribution in [0.15, 0.2) is 84.9 Å². The summed E-state index contributed by atoms with van der Waals surface area (Å²) in [6.45, 7) is 0.926. The minimum absolute atomic E-state index is 0.232. The monoisotopic (exact) mass is 574 g/mol. The highest BCUT2D eigenvalue weighted by Crippen LogP contribution is 2.34. The van der Waals surface area contributed by atoms with Gasteiger partial charge in [0.25, 0.3) is 0 Å². The summed E-state index contributed by atoms with van der Waals surface area (Å²) in [6.07, 6.45) is 0. The molecular formula is C29H23FN4O2S3. The number of rotatable bonds is 9. The van der Waals surface area contributed by atoms with E-state index in [4.69, 9.17) is 0 Å². The summed E-state index contributed by atoms with van der Waals surface area (Å²) in [7, 11) is 0. The number of anilines is 2. The third-order valence-corrected chi connectivity index (χ3v) is 8.92. The highest BCUT2D eigenvalue weighted by molar-refractivity contribution is 7.95. The number of phenolic OH excluding ortho intramolecular Hbond substituents is 2. The van der Waals surface area contributed by atoms with Gasteiger partial charge >= 0.3 is 0 Å². The molecule has 6 rings (SSSR count).